The second kappa shape index (κ2) is 7.09. The summed E-state index contributed by atoms with van der Waals surface area (Å²) in [4.78, 5) is 25.1. The lowest BCUT2D eigenvalue weighted by molar-refractivity contribution is -0.149. The van der Waals surface area contributed by atoms with Crippen molar-refractivity contribution >= 4 is 27.6 Å². The number of nitrogens with zero attached hydrogens (tertiary/aromatic N) is 1. The van der Waals surface area contributed by atoms with Crippen molar-refractivity contribution in [3.8, 4) is 0 Å². The van der Waals surface area contributed by atoms with Gasteiger partial charge in [-0.15, -0.1) is 0 Å². The highest BCUT2D eigenvalue weighted by atomic mass is 32.2. The van der Waals surface area contributed by atoms with Crippen LogP contribution in [-0.4, -0.2) is 49.5 Å². The summed E-state index contributed by atoms with van der Waals surface area (Å²) in [5.74, 6) is -0.898. The minimum absolute atomic E-state index is 0.210. The Hall–Kier alpha value is -2.19. The maximum absolute atomic E-state index is 12.9. The lowest BCUT2D eigenvalue weighted by atomic mass is 9.83. The van der Waals surface area contributed by atoms with Crippen molar-refractivity contribution in [2.24, 2.45) is 0 Å². The molecular weight excluding hydrogens is 368 g/mol. The molecule has 146 valence electrons. The lowest BCUT2D eigenvalue weighted by Crippen LogP contribution is -2.49. The first kappa shape index (κ1) is 19.6. The SMILES string of the molecule is CCc1ccc(NC(=O)C2=C(C)C(=O)OC23CCN(S(C)(=O)=O)CC3)cc1. The van der Waals surface area contributed by atoms with Crippen LogP contribution in [-0.2, 0) is 30.8 Å². The third-order valence-corrected chi connectivity index (χ3v) is 6.57. The predicted molar refractivity (Wildman–Crippen MR) is 102 cm³/mol. The molecule has 0 bridgehead atoms. The first-order valence-corrected chi connectivity index (χ1v) is 10.8. The quantitative estimate of drug-likeness (QED) is 0.790. The number of esters is 1. The topological polar surface area (TPSA) is 92.8 Å². The summed E-state index contributed by atoms with van der Waals surface area (Å²) in [6.45, 7) is 4.05. The van der Waals surface area contributed by atoms with Gasteiger partial charge in [-0.05, 0) is 31.0 Å². The molecule has 0 aromatic heterocycles. The number of hydrogen-bond acceptors (Lipinski definition) is 5. The van der Waals surface area contributed by atoms with Crippen molar-refractivity contribution in [2.45, 2.75) is 38.7 Å². The van der Waals surface area contributed by atoms with Gasteiger partial charge < -0.3 is 10.1 Å². The zero-order valence-corrected chi connectivity index (χ0v) is 16.6. The Morgan fingerprint density at radius 2 is 1.81 bits per heavy atom. The summed E-state index contributed by atoms with van der Waals surface area (Å²) in [7, 11) is -3.32. The number of anilines is 1. The average molecular weight is 392 g/mol. The van der Waals surface area contributed by atoms with Crippen LogP contribution in [0.25, 0.3) is 0 Å². The summed E-state index contributed by atoms with van der Waals surface area (Å²) >= 11 is 0. The fourth-order valence-corrected chi connectivity index (χ4v) is 4.52. The first-order valence-electron chi connectivity index (χ1n) is 8.96. The van der Waals surface area contributed by atoms with E-state index in [4.69, 9.17) is 4.74 Å². The zero-order chi connectivity index (χ0) is 19.8. The van der Waals surface area contributed by atoms with Crippen molar-refractivity contribution in [1.82, 2.24) is 4.31 Å². The molecule has 0 unspecified atom stereocenters. The molecule has 1 N–H and O–H groups in total. The van der Waals surface area contributed by atoms with E-state index in [-0.39, 0.29) is 37.4 Å². The lowest BCUT2D eigenvalue weighted by Gasteiger charge is -2.38. The van der Waals surface area contributed by atoms with E-state index in [1.54, 1.807) is 6.92 Å². The summed E-state index contributed by atoms with van der Waals surface area (Å²) in [5.41, 5.74) is 1.33. The molecule has 0 radical (unpaired) electrons. The van der Waals surface area contributed by atoms with Gasteiger partial charge in [-0.2, -0.15) is 0 Å². The predicted octanol–water partition coefficient (Wildman–Crippen LogP) is 1.85. The van der Waals surface area contributed by atoms with Crippen molar-refractivity contribution in [2.75, 3.05) is 24.7 Å². The van der Waals surface area contributed by atoms with E-state index in [2.05, 4.69) is 12.2 Å². The second-order valence-corrected chi connectivity index (χ2v) is 9.03. The van der Waals surface area contributed by atoms with Gasteiger partial charge in [0.05, 0.1) is 11.8 Å². The van der Waals surface area contributed by atoms with Gasteiger partial charge in [0.15, 0.2) is 0 Å². The summed E-state index contributed by atoms with van der Waals surface area (Å²) in [6.07, 6.45) is 2.59. The molecule has 2 aliphatic heterocycles. The number of rotatable bonds is 4. The van der Waals surface area contributed by atoms with Gasteiger partial charge in [-0.3, -0.25) is 4.79 Å². The molecular formula is C19H24N2O5S. The van der Waals surface area contributed by atoms with E-state index in [0.29, 0.717) is 11.3 Å². The molecule has 0 saturated carbocycles. The molecule has 1 spiro atoms. The number of sulfonamides is 1. The molecule has 8 heteroatoms. The first-order chi connectivity index (χ1) is 12.7. The highest BCUT2D eigenvalue weighted by Gasteiger charge is 2.51. The van der Waals surface area contributed by atoms with Gasteiger partial charge in [0.25, 0.3) is 5.91 Å². The zero-order valence-electron chi connectivity index (χ0n) is 15.7. The van der Waals surface area contributed by atoms with E-state index in [0.717, 1.165) is 18.2 Å². The van der Waals surface area contributed by atoms with Gasteiger partial charge in [0.1, 0.15) is 5.60 Å². The molecule has 1 saturated heterocycles. The summed E-state index contributed by atoms with van der Waals surface area (Å²) < 4.78 is 30.4. The van der Waals surface area contributed by atoms with Crippen LogP contribution in [0, 0.1) is 0 Å². The molecule has 1 amide bonds. The Morgan fingerprint density at radius 3 is 2.33 bits per heavy atom. The number of hydrogen-bond donors (Lipinski definition) is 1. The Balaban J connectivity index is 1.83. The number of nitrogens with one attached hydrogen (secondary N) is 1. The highest BCUT2D eigenvalue weighted by molar-refractivity contribution is 7.88. The number of piperidine rings is 1. The van der Waals surface area contributed by atoms with Crippen LogP contribution >= 0.6 is 0 Å². The Morgan fingerprint density at radius 1 is 1.22 bits per heavy atom. The van der Waals surface area contributed by atoms with Crippen LogP contribution in [0.4, 0.5) is 5.69 Å². The highest BCUT2D eigenvalue weighted by Crippen LogP contribution is 2.41. The second-order valence-electron chi connectivity index (χ2n) is 7.05. The van der Waals surface area contributed by atoms with Crippen molar-refractivity contribution in [1.29, 1.82) is 0 Å². The normalized spacial score (nSPS) is 20.0. The average Bonchev–Trinajstić information content (AvgIpc) is 2.85. The van der Waals surface area contributed by atoms with Crippen LogP contribution in [0.3, 0.4) is 0 Å². The van der Waals surface area contributed by atoms with Gasteiger partial charge in [-0.1, -0.05) is 19.1 Å². The number of carbonyl (C=O) groups is 2. The molecule has 1 fully saturated rings. The summed E-state index contributed by atoms with van der Waals surface area (Å²) in [6, 6.07) is 7.52. The summed E-state index contributed by atoms with van der Waals surface area (Å²) in [5, 5.41) is 2.84. The van der Waals surface area contributed by atoms with E-state index >= 15 is 0 Å². The number of amides is 1. The van der Waals surface area contributed by atoms with Crippen molar-refractivity contribution < 1.29 is 22.7 Å². The van der Waals surface area contributed by atoms with Crippen LogP contribution in [0.2, 0.25) is 0 Å². The van der Waals surface area contributed by atoms with E-state index < -0.39 is 21.6 Å². The van der Waals surface area contributed by atoms with Gasteiger partial charge in [0, 0.05) is 37.2 Å². The van der Waals surface area contributed by atoms with E-state index in [9.17, 15) is 18.0 Å². The third kappa shape index (κ3) is 3.77. The Labute approximate surface area is 159 Å². The molecule has 1 aromatic rings. The molecule has 1 aromatic carbocycles. The minimum Gasteiger partial charge on any atom is -0.450 e. The molecule has 2 aliphatic rings. The van der Waals surface area contributed by atoms with Crippen LogP contribution in [0.15, 0.2) is 35.4 Å². The number of carbonyl (C=O) groups excluding carboxylic acids is 2. The maximum Gasteiger partial charge on any atom is 0.335 e. The molecule has 27 heavy (non-hydrogen) atoms. The van der Waals surface area contributed by atoms with E-state index in [1.165, 1.54) is 4.31 Å². The fraction of sp³-hybridized carbons (Fsp3) is 0.474. The fourth-order valence-electron chi connectivity index (χ4n) is 3.67. The molecule has 2 heterocycles. The monoisotopic (exact) mass is 392 g/mol. The van der Waals surface area contributed by atoms with E-state index in [1.807, 2.05) is 24.3 Å². The molecule has 0 atom stereocenters. The Bertz CT molecular complexity index is 895. The smallest absolute Gasteiger partial charge is 0.335 e. The van der Waals surface area contributed by atoms with Crippen LogP contribution in [0.1, 0.15) is 32.3 Å². The van der Waals surface area contributed by atoms with Crippen LogP contribution in [0.5, 0.6) is 0 Å². The van der Waals surface area contributed by atoms with Crippen molar-refractivity contribution in [3.63, 3.8) is 0 Å². The number of benzene rings is 1. The number of aryl methyl sites for hydroxylation is 1. The Kier molecular flexibility index (Phi) is 5.14. The third-order valence-electron chi connectivity index (χ3n) is 5.27. The molecule has 3 rings (SSSR count). The molecule has 7 nitrogen and oxygen atoms in total. The maximum atomic E-state index is 12.9. The largest absolute Gasteiger partial charge is 0.450 e. The van der Waals surface area contributed by atoms with Gasteiger partial charge in [0.2, 0.25) is 10.0 Å². The van der Waals surface area contributed by atoms with Crippen LogP contribution < -0.4 is 5.32 Å². The van der Waals surface area contributed by atoms with Gasteiger partial charge >= 0.3 is 5.97 Å². The minimum atomic E-state index is -3.32. The standard InChI is InChI=1S/C19H24N2O5S/c1-4-14-5-7-15(8-6-14)20-17(22)16-13(2)18(23)26-19(16)9-11-21(12-10-19)27(3,24)25/h5-8H,4,9-12H2,1-3H3,(H,20,22). The van der Waals surface area contributed by atoms with Crippen molar-refractivity contribution in [3.05, 3.63) is 41.0 Å². The van der Waals surface area contributed by atoms with Gasteiger partial charge in [-0.25, -0.2) is 17.5 Å². The molecule has 0 aliphatic carbocycles. The number of ether oxygens (including phenoxy) is 1.